The van der Waals surface area contributed by atoms with E-state index in [1.54, 1.807) is 13.8 Å². The summed E-state index contributed by atoms with van der Waals surface area (Å²) in [6.07, 6.45) is -0.189. The van der Waals surface area contributed by atoms with Crippen LogP contribution in [0, 0.1) is 35.0 Å². The molecule has 0 aliphatic rings. The first-order valence-corrected chi connectivity index (χ1v) is 4.36. The lowest BCUT2D eigenvalue weighted by Crippen LogP contribution is -2.09. The predicted molar refractivity (Wildman–Crippen MR) is 51.5 cm³/mol. The molecule has 0 aliphatic heterocycles. The van der Waals surface area contributed by atoms with E-state index < -0.39 is 34.6 Å². The molecule has 0 bridgehead atoms. The molecule has 0 saturated heterocycles. The molecule has 0 N–H and O–H groups in total. The Bertz CT molecular complexity index is 355. The van der Waals surface area contributed by atoms with Crippen molar-refractivity contribution in [2.24, 2.45) is 5.92 Å². The Hall–Kier alpha value is -1.13. The minimum absolute atomic E-state index is 0. The highest BCUT2D eigenvalue weighted by molar-refractivity contribution is 5.24. The number of halogens is 5. The van der Waals surface area contributed by atoms with Gasteiger partial charge in [-0.1, -0.05) is 21.3 Å². The van der Waals surface area contributed by atoms with Gasteiger partial charge in [-0.2, -0.15) is 0 Å². The van der Waals surface area contributed by atoms with Crippen LogP contribution in [0.3, 0.4) is 0 Å². The number of rotatable bonds is 2. The summed E-state index contributed by atoms with van der Waals surface area (Å²) in [6.45, 7) is 3.25. The van der Waals surface area contributed by atoms with Crippen molar-refractivity contribution in [3.8, 4) is 0 Å². The summed E-state index contributed by atoms with van der Waals surface area (Å²) in [5, 5.41) is 0. The summed E-state index contributed by atoms with van der Waals surface area (Å²) in [7, 11) is 0. The van der Waals surface area contributed by atoms with Crippen molar-refractivity contribution in [2.45, 2.75) is 27.7 Å². The molecule has 0 nitrogen and oxygen atoms in total. The van der Waals surface area contributed by atoms with Gasteiger partial charge in [0.1, 0.15) is 0 Å². The van der Waals surface area contributed by atoms with Crippen molar-refractivity contribution in [3.63, 3.8) is 0 Å². The molecule has 0 heterocycles. The molecule has 0 amide bonds. The molecule has 0 radical (unpaired) electrons. The summed E-state index contributed by atoms with van der Waals surface area (Å²) in [5.41, 5.74) is -0.749. The molecular weight excluding hydrogens is 227 g/mol. The first-order valence-electron chi connectivity index (χ1n) is 4.36. The zero-order valence-electron chi connectivity index (χ0n) is 8.17. The largest absolute Gasteiger partial charge is 0.203 e. The average Bonchev–Trinajstić information content (AvgIpc) is 2.18. The Morgan fingerprint density at radius 3 is 1.38 bits per heavy atom. The standard InChI is InChI=1S/C10H9F5.CH4/c1-4(2)3-5-6(11)8(13)10(15)9(14)7(5)12;/h4H,3H2,1-2H3;1H4. The van der Waals surface area contributed by atoms with Crippen LogP contribution in [0.15, 0.2) is 0 Å². The Labute approximate surface area is 91.1 Å². The van der Waals surface area contributed by atoms with Crippen LogP contribution in [0.4, 0.5) is 22.0 Å². The van der Waals surface area contributed by atoms with Crippen LogP contribution in [-0.2, 0) is 6.42 Å². The Morgan fingerprint density at radius 2 is 1.06 bits per heavy atom. The predicted octanol–water partition coefficient (Wildman–Crippen LogP) is 4.22. The van der Waals surface area contributed by atoms with Crippen LogP contribution < -0.4 is 0 Å². The average molecular weight is 240 g/mol. The van der Waals surface area contributed by atoms with Crippen molar-refractivity contribution in [2.75, 3.05) is 0 Å². The van der Waals surface area contributed by atoms with Crippen LogP contribution in [0.5, 0.6) is 0 Å². The maximum atomic E-state index is 13.0. The van der Waals surface area contributed by atoms with Crippen LogP contribution in [-0.4, -0.2) is 0 Å². The SMILES string of the molecule is C.CC(C)Cc1c(F)c(F)c(F)c(F)c1F. The topological polar surface area (TPSA) is 0 Å². The van der Waals surface area contributed by atoms with Gasteiger partial charge in [-0.25, -0.2) is 22.0 Å². The van der Waals surface area contributed by atoms with Gasteiger partial charge < -0.3 is 0 Å². The quantitative estimate of drug-likeness (QED) is 0.412. The van der Waals surface area contributed by atoms with Crippen LogP contribution in [0.1, 0.15) is 26.8 Å². The van der Waals surface area contributed by atoms with E-state index in [2.05, 4.69) is 0 Å². The highest BCUT2D eigenvalue weighted by Gasteiger charge is 2.25. The molecule has 0 atom stereocenters. The van der Waals surface area contributed by atoms with Gasteiger partial charge in [0.25, 0.3) is 0 Å². The number of hydrogen-bond donors (Lipinski definition) is 0. The lowest BCUT2D eigenvalue weighted by atomic mass is 10.0. The minimum atomic E-state index is -2.11. The van der Waals surface area contributed by atoms with E-state index in [4.69, 9.17) is 0 Å². The molecule has 1 rings (SSSR count). The van der Waals surface area contributed by atoms with Crippen molar-refractivity contribution in [1.29, 1.82) is 0 Å². The van der Waals surface area contributed by atoms with Gasteiger partial charge in [-0.15, -0.1) is 0 Å². The Kier molecular flexibility index (Phi) is 4.90. The zero-order chi connectivity index (χ0) is 11.7. The van der Waals surface area contributed by atoms with E-state index in [1.807, 2.05) is 0 Å². The van der Waals surface area contributed by atoms with Gasteiger partial charge in [-0.05, 0) is 12.3 Å². The molecule has 0 unspecified atom stereocenters. The second-order valence-electron chi connectivity index (χ2n) is 3.65. The Morgan fingerprint density at radius 1 is 0.750 bits per heavy atom. The highest BCUT2D eigenvalue weighted by Crippen LogP contribution is 2.24. The number of hydrogen-bond acceptors (Lipinski definition) is 0. The second kappa shape index (κ2) is 5.27. The first-order chi connectivity index (χ1) is 6.86. The van der Waals surface area contributed by atoms with Crippen molar-refractivity contribution >= 4 is 0 Å². The maximum Gasteiger partial charge on any atom is 0.200 e. The molecule has 1 aromatic rings. The zero-order valence-corrected chi connectivity index (χ0v) is 8.17. The van der Waals surface area contributed by atoms with E-state index in [-0.39, 0.29) is 19.8 Å². The molecule has 0 aromatic heterocycles. The smallest absolute Gasteiger partial charge is 0.200 e. The monoisotopic (exact) mass is 240 g/mol. The van der Waals surface area contributed by atoms with Crippen LogP contribution in [0.25, 0.3) is 0 Å². The molecule has 5 heteroatoms. The van der Waals surface area contributed by atoms with E-state index in [9.17, 15) is 22.0 Å². The maximum absolute atomic E-state index is 13.0. The molecule has 0 aliphatic carbocycles. The minimum Gasteiger partial charge on any atom is -0.203 e. The van der Waals surface area contributed by atoms with E-state index >= 15 is 0 Å². The summed E-state index contributed by atoms with van der Waals surface area (Å²) < 4.78 is 64.1. The lowest BCUT2D eigenvalue weighted by molar-refractivity contribution is 0.366. The second-order valence-corrected chi connectivity index (χ2v) is 3.65. The summed E-state index contributed by atoms with van der Waals surface area (Å²) in [4.78, 5) is 0. The number of benzene rings is 1. The molecule has 0 spiro atoms. The highest BCUT2D eigenvalue weighted by atomic mass is 19.2. The summed E-state index contributed by atoms with van der Waals surface area (Å²) in [6, 6.07) is 0. The van der Waals surface area contributed by atoms with Gasteiger partial charge in [0.2, 0.25) is 5.82 Å². The third-order valence-corrected chi connectivity index (χ3v) is 1.91. The molecule has 1 aromatic carbocycles. The molecule has 0 saturated carbocycles. The van der Waals surface area contributed by atoms with Crippen molar-refractivity contribution in [3.05, 3.63) is 34.6 Å². The van der Waals surface area contributed by atoms with Gasteiger partial charge in [0, 0.05) is 5.56 Å². The van der Waals surface area contributed by atoms with Gasteiger partial charge >= 0.3 is 0 Å². The molecule has 16 heavy (non-hydrogen) atoms. The van der Waals surface area contributed by atoms with E-state index in [0.29, 0.717) is 0 Å². The van der Waals surface area contributed by atoms with Gasteiger partial charge in [0.05, 0.1) is 0 Å². The van der Waals surface area contributed by atoms with E-state index in [1.165, 1.54) is 0 Å². The fourth-order valence-corrected chi connectivity index (χ4v) is 1.24. The normalized spacial score (nSPS) is 10.5. The molecule has 0 fully saturated rings. The lowest BCUT2D eigenvalue weighted by Gasteiger charge is -2.09. The van der Waals surface area contributed by atoms with E-state index in [0.717, 1.165) is 0 Å². The summed E-state index contributed by atoms with van der Waals surface area (Å²) in [5.74, 6) is -9.55. The van der Waals surface area contributed by atoms with Crippen LogP contribution >= 0.6 is 0 Å². The fraction of sp³-hybridized carbons (Fsp3) is 0.455. The third kappa shape index (κ3) is 2.51. The summed E-state index contributed by atoms with van der Waals surface area (Å²) >= 11 is 0. The molecule has 92 valence electrons. The van der Waals surface area contributed by atoms with Crippen molar-refractivity contribution < 1.29 is 22.0 Å². The van der Waals surface area contributed by atoms with Gasteiger partial charge in [-0.3, -0.25) is 0 Å². The third-order valence-electron chi connectivity index (χ3n) is 1.91. The van der Waals surface area contributed by atoms with Crippen molar-refractivity contribution in [1.82, 2.24) is 0 Å². The fourth-order valence-electron chi connectivity index (χ4n) is 1.24. The molecular formula is C11H13F5. The Balaban J connectivity index is 0.00000225. The van der Waals surface area contributed by atoms with Crippen LogP contribution in [0.2, 0.25) is 0 Å². The van der Waals surface area contributed by atoms with Gasteiger partial charge in [0.15, 0.2) is 23.3 Å². The first kappa shape index (κ1) is 14.9.